The maximum Gasteiger partial charge on any atom is 0.411 e. The SMILES string of the molecule is CS(=O)(=O)OC1CC(C(=O)N2CCc3ccccc3[C@@H]2c2ccc(F)cc2)OCC1OCC(F)(F)F. The van der Waals surface area contributed by atoms with Gasteiger partial charge in [0.1, 0.15) is 30.7 Å². The van der Waals surface area contributed by atoms with E-state index in [1.807, 2.05) is 24.3 Å². The van der Waals surface area contributed by atoms with E-state index in [1.54, 1.807) is 17.0 Å². The van der Waals surface area contributed by atoms with Gasteiger partial charge in [0.15, 0.2) is 0 Å². The van der Waals surface area contributed by atoms with Crippen LogP contribution >= 0.6 is 0 Å². The normalized spacial score (nSPS) is 24.9. The number of nitrogens with zero attached hydrogens (tertiary/aromatic N) is 1. The van der Waals surface area contributed by atoms with E-state index in [2.05, 4.69) is 0 Å². The molecule has 0 aromatic heterocycles. The van der Waals surface area contributed by atoms with Crippen LogP contribution in [0.15, 0.2) is 48.5 Å². The zero-order valence-electron chi connectivity index (χ0n) is 19.3. The minimum absolute atomic E-state index is 0.309. The quantitative estimate of drug-likeness (QED) is 0.420. The van der Waals surface area contributed by atoms with Crippen LogP contribution in [0.2, 0.25) is 0 Å². The van der Waals surface area contributed by atoms with Crippen molar-refractivity contribution in [2.75, 3.05) is 26.0 Å². The number of carbonyl (C=O) groups is 1. The summed E-state index contributed by atoms with van der Waals surface area (Å²) in [7, 11) is -4.06. The van der Waals surface area contributed by atoms with Crippen molar-refractivity contribution >= 4 is 16.0 Å². The van der Waals surface area contributed by atoms with Gasteiger partial charge in [0.2, 0.25) is 0 Å². The van der Waals surface area contributed by atoms with Gasteiger partial charge in [0.25, 0.3) is 16.0 Å². The summed E-state index contributed by atoms with van der Waals surface area (Å²) in [6.07, 6.45) is -7.48. The Balaban J connectivity index is 1.59. The highest BCUT2D eigenvalue weighted by atomic mass is 32.2. The molecule has 2 heterocycles. The molecule has 0 N–H and O–H groups in total. The Kier molecular flexibility index (Phi) is 7.69. The fourth-order valence-electron chi connectivity index (χ4n) is 4.60. The molecule has 0 radical (unpaired) electrons. The van der Waals surface area contributed by atoms with E-state index in [4.69, 9.17) is 13.7 Å². The van der Waals surface area contributed by atoms with Gasteiger partial charge in [-0.15, -0.1) is 0 Å². The Hall–Kier alpha value is -2.54. The lowest BCUT2D eigenvalue weighted by molar-refractivity contribution is -0.215. The second kappa shape index (κ2) is 10.4. The van der Waals surface area contributed by atoms with E-state index in [-0.39, 0.29) is 6.42 Å². The van der Waals surface area contributed by atoms with Crippen molar-refractivity contribution in [1.82, 2.24) is 4.90 Å². The van der Waals surface area contributed by atoms with Crippen LogP contribution in [-0.2, 0) is 35.0 Å². The second-order valence-electron chi connectivity index (χ2n) is 8.80. The van der Waals surface area contributed by atoms with E-state index in [0.717, 1.165) is 17.4 Å². The molecule has 2 aliphatic rings. The first-order valence-electron chi connectivity index (χ1n) is 11.2. The number of ether oxygens (including phenoxy) is 2. The molecule has 12 heteroatoms. The second-order valence-corrected chi connectivity index (χ2v) is 10.4. The van der Waals surface area contributed by atoms with E-state index in [1.165, 1.54) is 12.1 Å². The Morgan fingerprint density at radius 3 is 2.47 bits per heavy atom. The summed E-state index contributed by atoms with van der Waals surface area (Å²) in [5.74, 6) is -0.905. The smallest absolute Gasteiger partial charge is 0.365 e. The summed E-state index contributed by atoms with van der Waals surface area (Å²) < 4.78 is 90.5. The predicted molar refractivity (Wildman–Crippen MR) is 120 cm³/mol. The van der Waals surface area contributed by atoms with Crippen LogP contribution in [0.1, 0.15) is 29.2 Å². The molecule has 0 saturated carbocycles. The van der Waals surface area contributed by atoms with E-state index < -0.39 is 65.6 Å². The number of rotatable bonds is 6. The number of benzene rings is 2. The molecule has 0 bridgehead atoms. The monoisotopic (exact) mass is 531 g/mol. The molecule has 36 heavy (non-hydrogen) atoms. The third-order valence-electron chi connectivity index (χ3n) is 6.11. The highest BCUT2D eigenvalue weighted by Crippen LogP contribution is 2.37. The summed E-state index contributed by atoms with van der Waals surface area (Å²) in [6, 6.07) is 12.7. The fraction of sp³-hybridized carbons (Fsp3) is 0.458. The Morgan fingerprint density at radius 1 is 1.11 bits per heavy atom. The largest absolute Gasteiger partial charge is 0.411 e. The molecule has 1 amide bonds. The fourth-order valence-corrected chi connectivity index (χ4v) is 5.25. The molecule has 4 rings (SSSR count). The molecular weight excluding hydrogens is 506 g/mol. The van der Waals surface area contributed by atoms with Gasteiger partial charge in [0, 0.05) is 13.0 Å². The summed E-state index contributed by atoms with van der Waals surface area (Å²) in [4.78, 5) is 15.2. The Morgan fingerprint density at radius 2 is 1.81 bits per heavy atom. The van der Waals surface area contributed by atoms with E-state index in [0.29, 0.717) is 18.5 Å². The number of alkyl halides is 3. The number of carbonyl (C=O) groups excluding carboxylic acids is 1. The van der Waals surface area contributed by atoms with Gasteiger partial charge in [-0.3, -0.25) is 8.98 Å². The van der Waals surface area contributed by atoms with Gasteiger partial charge in [-0.05, 0) is 35.2 Å². The topological polar surface area (TPSA) is 82.1 Å². The standard InChI is InChI=1S/C24H25F4NO6S/c1-36(31,32)35-19-12-20(33-13-21(19)34-14-24(26,27)28)23(30)29-11-10-15-4-2-3-5-18(15)22(29)16-6-8-17(25)9-7-16/h2-9,19-22H,10-14H2,1H3/t19?,20?,21?,22-/m0/s1. The zero-order chi connectivity index (χ0) is 26.1. The predicted octanol–water partition coefficient (Wildman–Crippen LogP) is 3.38. The Bertz CT molecular complexity index is 1190. The lowest BCUT2D eigenvalue weighted by Crippen LogP contribution is -2.53. The van der Waals surface area contributed by atoms with Crippen molar-refractivity contribution < 1.29 is 44.4 Å². The third kappa shape index (κ3) is 6.41. The molecule has 7 nitrogen and oxygen atoms in total. The zero-order valence-corrected chi connectivity index (χ0v) is 20.1. The molecule has 1 saturated heterocycles. The van der Waals surface area contributed by atoms with Gasteiger partial charge < -0.3 is 14.4 Å². The van der Waals surface area contributed by atoms with Gasteiger partial charge in [-0.25, -0.2) is 4.39 Å². The molecule has 2 aliphatic heterocycles. The van der Waals surface area contributed by atoms with Crippen LogP contribution in [0.25, 0.3) is 0 Å². The number of fused-ring (bicyclic) bond motifs is 1. The number of halogens is 4. The van der Waals surface area contributed by atoms with Crippen molar-refractivity contribution in [3.63, 3.8) is 0 Å². The average Bonchev–Trinajstić information content (AvgIpc) is 2.81. The molecule has 4 atom stereocenters. The van der Waals surface area contributed by atoms with Crippen LogP contribution in [0.4, 0.5) is 17.6 Å². The van der Waals surface area contributed by atoms with Gasteiger partial charge in [-0.1, -0.05) is 36.4 Å². The molecule has 196 valence electrons. The van der Waals surface area contributed by atoms with Crippen LogP contribution in [0, 0.1) is 5.82 Å². The van der Waals surface area contributed by atoms with Crippen molar-refractivity contribution in [2.45, 2.75) is 43.4 Å². The minimum Gasteiger partial charge on any atom is -0.365 e. The van der Waals surface area contributed by atoms with Gasteiger partial charge in [-0.2, -0.15) is 21.6 Å². The summed E-state index contributed by atoms with van der Waals surface area (Å²) in [5.41, 5.74) is 2.55. The van der Waals surface area contributed by atoms with Crippen molar-refractivity contribution in [3.8, 4) is 0 Å². The van der Waals surface area contributed by atoms with Crippen LogP contribution < -0.4 is 0 Å². The van der Waals surface area contributed by atoms with E-state index >= 15 is 0 Å². The maximum atomic E-state index is 13.6. The highest BCUT2D eigenvalue weighted by Gasteiger charge is 2.43. The maximum absolute atomic E-state index is 13.6. The van der Waals surface area contributed by atoms with Crippen molar-refractivity contribution in [1.29, 1.82) is 0 Å². The van der Waals surface area contributed by atoms with Crippen LogP contribution in [0.5, 0.6) is 0 Å². The van der Waals surface area contributed by atoms with Gasteiger partial charge in [0.05, 0.1) is 18.9 Å². The summed E-state index contributed by atoms with van der Waals surface area (Å²) in [6.45, 7) is -1.76. The highest BCUT2D eigenvalue weighted by molar-refractivity contribution is 7.86. The number of amides is 1. The van der Waals surface area contributed by atoms with Crippen molar-refractivity contribution in [3.05, 3.63) is 71.0 Å². The third-order valence-corrected chi connectivity index (χ3v) is 6.71. The molecule has 0 aliphatic carbocycles. The molecule has 2 aromatic carbocycles. The average molecular weight is 532 g/mol. The first-order valence-corrected chi connectivity index (χ1v) is 13.0. The van der Waals surface area contributed by atoms with Crippen molar-refractivity contribution in [2.24, 2.45) is 0 Å². The molecule has 0 spiro atoms. The first-order chi connectivity index (χ1) is 16.9. The molecule has 3 unspecified atom stereocenters. The molecule has 1 fully saturated rings. The lowest BCUT2D eigenvalue weighted by atomic mass is 9.87. The lowest BCUT2D eigenvalue weighted by Gasteiger charge is -2.41. The molecule has 2 aromatic rings. The van der Waals surface area contributed by atoms with Crippen LogP contribution in [-0.4, -0.2) is 69.7 Å². The van der Waals surface area contributed by atoms with E-state index in [9.17, 15) is 30.8 Å². The van der Waals surface area contributed by atoms with Crippen LogP contribution in [0.3, 0.4) is 0 Å². The molecular formula is C24H25F4NO6S. The van der Waals surface area contributed by atoms with Gasteiger partial charge >= 0.3 is 6.18 Å². The number of hydrogen-bond donors (Lipinski definition) is 0. The Labute approximate surface area is 206 Å². The summed E-state index contributed by atoms with van der Waals surface area (Å²) >= 11 is 0. The minimum atomic E-state index is -4.63. The first kappa shape index (κ1) is 26.5. The number of hydrogen-bond acceptors (Lipinski definition) is 6. The summed E-state index contributed by atoms with van der Waals surface area (Å²) in [5, 5.41) is 0.